The van der Waals surface area contributed by atoms with E-state index >= 15 is 0 Å². The molecular formula is C11H20N2O. The zero-order valence-electron chi connectivity index (χ0n) is 8.88. The van der Waals surface area contributed by atoms with E-state index in [0.29, 0.717) is 0 Å². The maximum atomic E-state index is 11.7. The Morgan fingerprint density at radius 2 is 2.29 bits per heavy atom. The fourth-order valence-electron chi connectivity index (χ4n) is 2.11. The number of rotatable bonds is 3. The third-order valence-corrected chi connectivity index (χ3v) is 3.44. The largest absolute Gasteiger partial charge is 0.354 e. The summed E-state index contributed by atoms with van der Waals surface area (Å²) in [7, 11) is 0. The lowest BCUT2D eigenvalue weighted by atomic mass is 10.0. The Hall–Kier alpha value is -0.570. The molecule has 1 aliphatic heterocycles. The minimum atomic E-state index is 0.0813. The molecule has 1 amide bonds. The summed E-state index contributed by atoms with van der Waals surface area (Å²) in [6.45, 7) is 4.13. The Kier molecular flexibility index (Phi) is 3.06. The quantitative estimate of drug-likeness (QED) is 0.704. The normalized spacial score (nSPS) is 36.5. The predicted molar refractivity (Wildman–Crippen MR) is 55.9 cm³/mol. The van der Waals surface area contributed by atoms with Crippen LogP contribution >= 0.6 is 0 Å². The molecule has 2 rings (SSSR count). The molecule has 3 atom stereocenters. The van der Waals surface area contributed by atoms with Crippen LogP contribution in [0, 0.1) is 11.8 Å². The highest BCUT2D eigenvalue weighted by molar-refractivity contribution is 5.81. The van der Waals surface area contributed by atoms with Gasteiger partial charge in [-0.3, -0.25) is 4.79 Å². The van der Waals surface area contributed by atoms with Gasteiger partial charge in [0, 0.05) is 6.54 Å². The number of piperidine rings is 1. The molecule has 0 aromatic heterocycles. The first-order valence-corrected chi connectivity index (χ1v) is 5.78. The van der Waals surface area contributed by atoms with Crippen LogP contribution in [0.5, 0.6) is 0 Å². The SMILES string of the molecule is CC1CC1CNC(=O)[C@@H]1CCCCN1. The van der Waals surface area contributed by atoms with Gasteiger partial charge < -0.3 is 10.6 Å². The highest BCUT2D eigenvalue weighted by Gasteiger charge is 2.33. The molecule has 2 unspecified atom stereocenters. The van der Waals surface area contributed by atoms with E-state index in [2.05, 4.69) is 17.6 Å². The topological polar surface area (TPSA) is 41.1 Å². The average molecular weight is 196 g/mol. The van der Waals surface area contributed by atoms with Gasteiger partial charge in [-0.1, -0.05) is 13.3 Å². The standard InChI is InChI=1S/C11H20N2O/c1-8-6-9(8)7-13-11(14)10-4-2-3-5-12-10/h8-10,12H,2-7H2,1H3,(H,13,14)/t8?,9?,10-/m0/s1. The highest BCUT2D eigenvalue weighted by atomic mass is 16.2. The van der Waals surface area contributed by atoms with Crippen molar-refractivity contribution in [3.05, 3.63) is 0 Å². The van der Waals surface area contributed by atoms with Crippen LogP contribution < -0.4 is 10.6 Å². The first kappa shape index (κ1) is 9.97. The lowest BCUT2D eigenvalue weighted by molar-refractivity contribution is -0.123. The van der Waals surface area contributed by atoms with Crippen molar-refractivity contribution in [2.24, 2.45) is 11.8 Å². The molecule has 3 nitrogen and oxygen atoms in total. The van der Waals surface area contributed by atoms with Crippen molar-refractivity contribution in [3.8, 4) is 0 Å². The second-order valence-electron chi connectivity index (χ2n) is 4.72. The predicted octanol–water partition coefficient (Wildman–Crippen LogP) is 0.901. The van der Waals surface area contributed by atoms with E-state index < -0.39 is 0 Å². The summed E-state index contributed by atoms with van der Waals surface area (Å²) in [6, 6.07) is 0.0813. The number of hydrogen-bond donors (Lipinski definition) is 2. The number of carbonyl (C=O) groups excluding carboxylic acids is 1. The zero-order chi connectivity index (χ0) is 9.97. The first-order chi connectivity index (χ1) is 6.77. The lowest BCUT2D eigenvalue weighted by Crippen LogP contribution is -2.47. The van der Waals surface area contributed by atoms with E-state index in [4.69, 9.17) is 0 Å². The van der Waals surface area contributed by atoms with Crippen LogP contribution in [0.3, 0.4) is 0 Å². The van der Waals surface area contributed by atoms with Crippen molar-refractivity contribution in [3.63, 3.8) is 0 Å². The van der Waals surface area contributed by atoms with Crippen LogP contribution in [0.4, 0.5) is 0 Å². The van der Waals surface area contributed by atoms with Crippen molar-refractivity contribution in [2.75, 3.05) is 13.1 Å². The molecule has 0 bridgehead atoms. The molecule has 1 saturated carbocycles. The van der Waals surface area contributed by atoms with E-state index in [-0.39, 0.29) is 11.9 Å². The van der Waals surface area contributed by atoms with Gasteiger partial charge in [0.1, 0.15) is 0 Å². The summed E-state index contributed by atoms with van der Waals surface area (Å²) >= 11 is 0. The van der Waals surface area contributed by atoms with Gasteiger partial charge in [0.25, 0.3) is 0 Å². The minimum absolute atomic E-state index is 0.0813. The fraction of sp³-hybridized carbons (Fsp3) is 0.909. The summed E-state index contributed by atoms with van der Waals surface area (Å²) in [5.74, 6) is 1.79. The number of amides is 1. The average Bonchev–Trinajstić information content (AvgIpc) is 2.92. The summed E-state index contributed by atoms with van der Waals surface area (Å²) in [6.07, 6.45) is 4.69. The van der Waals surface area contributed by atoms with Gasteiger partial charge in [-0.2, -0.15) is 0 Å². The minimum Gasteiger partial charge on any atom is -0.354 e. The molecule has 3 heteroatoms. The van der Waals surface area contributed by atoms with E-state index in [0.717, 1.165) is 31.3 Å². The molecular weight excluding hydrogens is 176 g/mol. The molecule has 0 aromatic rings. The molecule has 2 fully saturated rings. The van der Waals surface area contributed by atoms with E-state index in [1.807, 2.05) is 0 Å². The number of nitrogens with one attached hydrogen (secondary N) is 2. The Morgan fingerprint density at radius 3 is 2.86 bits per heavy atom. The monoisotopic (exact) mass is 196 g/mol. The van der Waals surface area contributed by atoms with Crippen LogP contribution in [0.15, 0.2) is 0 Å². The third-order valence-electron chi connectivity index (χ3n) is 3.44. The highest BCUT2D eigenvalue weighted by Crippen LogP contribution is 2.36. The Bertz CT molecular complexity index is 211. The van der Waals surface area contributed by atoms with Crippen LogP contribution in [-0.4, -0.2) is 25.0 Å². The van der Waals surface area contributed by atoms with Crippen molar-refractivity contribution < 1.29 is 4.79 Å². The summed E-state index contributed by atoms with van der Waals surface area (Å²) in [5, 5.41) is 6.31. The van der Waals surface area contributed by atoms with Crippen molar-refractivity contribution in [1.29, 1.82) is 0 Å². The van der Waals surface area contributed by atoms with Crippen LogP contribution in [0.25, 0.3) is 0 Å². The van der Waals surface area contributed by atoms with Crippen molar-refractivity contribution in [2.45, 2.75) is 38.6 Å². The third kappa shape index (κ3) is 2.47. The van der Waals surface area contributed by atoms with E-state index in [9.17, 15) is 4.79 Å². The van der Waals surface area contributed by atoms with Gasteiger partial charge >= 0.3 is 0 Å². The van der Waals surface area contributed by atoms with Crippen molar-refractivity contribution in [1.82, 2.24) is 10.6 Å². The van der Waals surface area contributed by atoms with Gasteiger partial charge in [-0.25, -0.2) is 0 Å². The van der Waals surface area contributed by atoms with Crippen molar-refractivity contribution >= 4 is 5.91 Å². The van der Waals surface area contributed by atoms with Gasteiger partial charge in [0.15, 0.2) is 0 Å². The van der Waals surface area contributed by atoms with Gasteiger partial charge in [0.05, 0.1) is 6.04 Å². The maximum Gasteiger partial charge on any atom is 0.237 e. The molecule has 0 radical (unpaired) electrons. The molecule has 1 aliphatic carbocycles. The van der Waals surface area contributed by atoms with E-state index in [1.54, 1.807) is 0 Å². The Balaban J connectivity index is 1.66. The van der Waals surface area contributed by atoms with E-state index in [1.165, 1.54) is 19.3 Å². The second-order valence-corrected chi connectivity index (χ2v) is 4.72. The number of hydrogen-bond acceptors (Lipinski definition) is 2. The molecule has 0 spiro atoms. The smallest absolute Gasteiger partial charge is 0.237 e. The van der Waals surface area contributed by atoms with Crippen LogP contribution in [-0.2, 0) is 4.79 Å². The molecule has 80 valence electrons. The summed E-state index contributed by atoms with van der Waals surface area (Å²) < 4.78 is 0. The molecule has 14 heavy (non-hydrogen) atoms. The van der Waals surface area contributed by atoms with Gasteiger partial charge in [-0.05, 0) is 37.6 Å². The first-order valence-electron chi connectivity index (χ1n) is 5.78. The molecule has 0 aromatic carbocycles. The van der Waals surface area contributed by atoms with Crippen LogP contribution in [0.1, 0.15) is 32.6 Å². The molecule has 2 N–H and O–H groups in total. The summed E-state index contributed by atoms with van der Waals surface area (Å²) in [5.41, 5.74) is 0. The zero-order valence-corrected chi connectivity index (χ0v) is 8.88. The Labute approximate surface area is 85.6 Å². The fourth-order valence-corrected chi connectivity index (χ4v) is 2.11. The molecule has 1 heterocycles. The second kappa shape index (κ2) is 4.30. The molecule has 1 saturated heterocycles. The Morgan fingerprint density at radius 1 is 1.50 bits per heavy atom. The molecule has 2 aliphatic rings. The van der Waals surface area contributed by atoms with Crippen LogP contribution in [0.2, 0.25) is 0 Å². The summed E-state index contributed by atoms with van der Waals surface area (Å²) in [4.78, 5) is 11.7. The van der Waals surface area contributed by atoms with Gasteiger partial charge in [-0.15, -0.1) is 0 Å². The number of carbonyl (C=O) groups is 1. The lowest BCUT2D eigenvalue weighted by Gasteiger charge is -2.22. The maximum absolute atomic E-state index is 11.7. The van der Waals surface area contributed by atoms with Gasteiger partial charge in [0.2, 0.25) is 5.91 Å².